The van der Waals surface area contributed by atoms with E-state index in [2.05, 4.69) is 4.98 Å². The zero-order valence-corrected chi connectivity index (χ0v) is 9.77. The van der Waals surface area contributed by atoms with Gasteiger partial charge >= 0.3 is 0 Å². The Labute approximate surface area is 93.9 Å². The topological polar surface area (TPSA) is 12.9 Å². The lowest BCUT2D eigenvalue weighted by atomic mass is 10.1. The minimum atomic E-state index is -0.313. The van der Waals surface area contributed by atoms with Crippen LogP contribution >= 0.6 is 11.6 Å². The summed E-state index contributed by atoms with van der Waals surface area (Å²) in [5.74, 6) is -0.313. The predicted octanol–water partition coefficient (Wildman–Crippen LogP) is 4.36. The molecule has 0 aliphatic carbocycles. The van der Waals surface area contributed by atoms with Crippen molar-refractivity contribution in [1.82, 2.24) is 4.98 Å². The minimum absolute atomic E-state index is 0.313. The number of hydrogen-bond donors (Lipinski definition) is 0. The maximum atomic E-state index is 13.0. The molecule has 0 spiro atoms. The molecule has 0 radical (unpaired) electrons. The van der Waals surface area contributed by atoms with Crippen LogP contribution in [0.3, 0.4) is 0 Å². The van der Waals surface area contributed by atoms with Gasteiger partial charge in [0, 0.05) is 17.8 Å². The van der Waals surface area contributed by atoms with Crippen molar-refractivity contribution in [3.05, 3.63) is 40.9 Å². The summed E-state index contributed by atoms with van der Waals surface area (Å²) in [6, 6.07) is 2.77. The van der Waals surface area contributed by atoms with Crippen molar-refractivity contribution in [3.63, 3.8) is 0 Å². The molecule has 0 aliphatic heterocycles. The molecule has 1 aromatic heterocycles. The fourth-order valence-corrected chi connectivity index (χ4v) is 1.59. The van der Waals surface area contributed by atoms with E-state index in [9.17, 15) is 4.39 Å². The molecule has 15 heavy (non-hydrogen) atoms. The van der Waals surface area contributed by atoms with Gasteiger partial charge in [-0.15, -0.1) is 0 Å². The number of hydrogen-bond acceptors (Lipinski definition) is 1. The molecule has 0 unspecified atom stereocenters. The van der Waals surface area contributed by atoms with Gasteiger partial charge in [0.05, 0.1) is 5.02 Å². The Morgan fingerprint density at radius 1 is 1.13 bits per heavy atom. The van der Waals surface area contributed by atoms with Crippen molar-refractivity contribution in [2.24, 2.45) is 0 Å². The summed E-state index contributed by atoms with van der Waals surface area (Å²) >= 11 is 5.85. The molecule has 0 fully saturated rings. The number of aryl methyl sites for hydroxylation is 1. The first-order chi connectivity index (χ1) is 7.18. The Bertz CT molecular complexity index is 468. The average molecular weight is 226 g/mol. The second-order valence-corrected chi connectivity index (χ2v) is 3.35. The molecule has 2 aromatic rings. The molecular weight excluding hydrogens is 213 g/mol. The Kier molecular flexibility index (Phi) is 4.04. The van der Waals surface area contributed by atoms with E-state index in [0.29, 0.717) is 5.02 Å². The van der Waals surface area contributed by atoms with Crippen molar-refractivity contribution >= 4 is 22.4 Å². The first kappa shape index (κ1) is 11.9. The molecule has 1 nitrogen and oxygen atoms in total. The van der Waals surface area contributed by atoms with E-state index in [1.807, 2.05) is 20.8 Å². The number of aromatic nitrogens is 1. The summed E-state index contributed by atoms with van der Waals surface area (Å²) in [5, 5.41) is 2.02. The normalized spacial score (nSPS) is 9.67. The molecule has 0 atom stereocenters. The molecule has 1 heterocycles. The van der Waals surface area contributed by atoms with Gasteiger partial charge in [0.1, 0.15) is 5.82 Å². The van der Waals surface area contributed by atoms with E-state index in [1.165, 1.54) is 12.1 Å². The summed E-state index contributed by atoms with van der Waals surface area (Å²) in [6.45, 7) is 5.88. The molecule has 1 aromatic carbocycles. The lowest BCUT2D eigenvalue weighted by Crippen LogP contribution is -1.84. The van der Waals surface area contributed by atoms with Crippen LogP contribution in [0.2, 0.25) is 5.02 Å². The molecule has 0 aliphatic rings. The van der Waals surface area contributed by atoms with E-state index in [1.54, 1.807) is 12.4 Å². The zero-order valence-electron chi connectivity index (χ0n) is 9.01. The second kappa shape index (κ2) is 5.08. The van der Waals surface area contributed by atoms with Crippen molar-refractivity contribution in [2.75, 3.05) is 0 Å². The highest BCUT2D eigenvalue weighted by molar-refractivity contribution is 6.35. The van der Waals surface area contributed by atoms with Crippen LogP contribution < -0.4 is 0 Å². The van der Waals surface area contributed by atoms with E-state index >= 15 is 0 Å². The zero-order chi connectivity index (χ0) is 11.4. The Morgan fingerprint density at radius 2 is 1.80 bits per heavy atom. The van der Waals surface area contributed by atoms with Gasteiger partial charge in [-0.25, -0.2) is 4.39 Å². The molecule has 0 bridgehead atoms. The van der Waals surface area contributed by atoms with Crippen LogP contribution in [-0.4, -0.2) is 4.98 Å². The van der Waals surface area contributed by atoms with Crippen molar-refractivity contribution < 1.29 is 4.39 Å². The molecule has 2 rings (SSSR count). The Balaban J connectivity index is 0.000000531. The van der Waals surface area contributed by atoms with Crippen LogP contribution in [0.25, 0.3) is 10.8 Å². The fourth-order valence-electron chi connectivity index (χ4n) is 1.34. The molecule has 0 amide bonds. The van der Waals surface area contributed by atoms with Crippen LogP contribution in [0.5, 0.6) is 0 Å². The molecule has 0 saturated heterocycles. The van der Waals surface area contributed by atoms with Crippen LogP contribution in [0.15, 0.2) is 24.5 Å². The Hall–Kier alpha value is -1.15. The third kappa shape index (κ3) is 2.45. The maximum absolute atomic E-state index is 13.0. The summed E-state index contributed by atoms with van der Waals surface area (Å²) in [4.78, 5) is 4.00. The predicted molar refractivity (Wildman–Crippen MR) is 62.8 cm³/mol. The van der Waals surface area contributed by atoms with Gasteiger partial charge in [-0.3, -0.25) is 4.98 Å². The van der Waals surface area contributed by atoms with E-state index in [0.717, 1.165) is 16.3 Å². The molecule has 0 N–H and O–H groups in total. The van der Waals surface area contributed by atoms with Crippen LogP contribution in [0.1, 0.15) is 19.4 Å². The number of benzene rings is 1. The third-order valence-electron chi connectivity index (χ3n) is 1.99. The number of fused-ring (bicyclic) bond motifs is 1. The maximum Gasteiger partial charge on any atom is 0.125 e. The van der Waals surface area contributed by atoms with Crippen LogP contribution in [0.4, 0.5) is 4.39 Å². The fraction of sp³-hybridized carbons (Fsp3) is 0.250. The van der Waals surface area contributed by atoms with Crippen LogP contribution in [0, 0.1) is 12.7 Å². The smallest absolute Gasteiger partial charge is 0.125 e. The van der Waals surface area contributed by atoms with Gasteiger partial charge in [0.2, 0.25) is 0 Å². The molecule has 80 valence electrons. The van der Waals surface area contributed by atoms with E-state index in [-0.39, 0.29) is 5.82 Å². The van der Waals surface area contributed by atoms with E-state index in [4.69, 9.17) is 11.6 Å². The van der Waals surface area contributed by atoms with Gasteiger partial charge in [0.15, 0.2) is 0 Å². The lowest BCUT2D eigenvalue weighted by molar-refractivity contribution is 0.629. The van der Waals surface area contributed by atoms with Crippen molar-refractivity contribution in [2.45, 2.75) is 20.8 Å². The monoisotopic (exact) mass is 225 g/mol. The van der Waals surface area contributed by atoms with Gasteiger partial charge < -0.3 is 0 Å². The second-order valence-electron chi connectivity index (χ2n) is 2.94. The quantitative estimate of drug-likeness (QED) is 0.649. The lowest BCUT2D eigenvalue weighted by Gasteiger charge is -2.02. The third-order valence-corrected chi connectivity index (χ3v) is 2.30. The van der Waals surface area contributed by atoms with Gasteiger partial charge in [-0.05, 0) is 30.0 Å². The number of halogens is 2. The van der Waals surface area contributed by atoms with Crippen LogP contribution in [-0.2, 0) is 0 Å². The highest BCUT2D eigenvalue weighted by atomic mass is 35.5. The molecular formula is C12H13ClFN. The first-order valence-electron chi connectivity index (χ1n) is 4.88. The van der Waals surface area contributed by atoms with Crippen molar-refractivity contribution in [1.29, 1.82) is 0 Å². The summed E-state index contributed by atoms with van der Waals surface area (Å²) in [5.41, 5.74) is 0.930. The number of nitrogens with zero attached hydrogens (tertiary/aromatic N) is 1. The van der Waals surface area contributed by atoms with E-state index < -0.39 is 0 Å². The summed E-state index contributed by atoms with van der Waals surface area (Å²) in [7, 11) is 0. The average Bonchev–Trinajstić information content (AvgIpc) is 2.23. The highest BCUT2D eigenvalue weighted by Crippen LogP contribution is 2.25. The standard InChI is InChI=1S/C10H7ClFN.C2H6/c1-6-4-13-5-9-8(6)2-7(12)3-10(9)11;1-2/h2-5H,1H3;1-2H3. The Morgan fingerprint density at radius 3 is 2.47 bits per heavy atom. The van der Waals surface area contributed by atoms with Crippen molar-refractivity contribution in [3.8, 4) is 0 Å². The summed E-state index contributed by atoms with van der Waals surface area (Å²) < 4.78 is 13.0. The molecule has 3 heteroatoms. The SMILES string of the molecule is CC.Cc1cncc2c(Cl)cc(F)cc12. The molecule has 0 saturated carbocycles. The van der Waals surface area contributed by atoms with Gasteiger partial charge in [0.25, 0.3) is 0 Å². The summed E-state index contributed by atoms with van der Waals surface area (Å²) in [6.07, 6.45) is 3.34. The number of pyridine rings is 1. The van der Waals surface area contributed by atoms with Gasteiger partial charge in [-0.1, -0.05) is 25.4 Å². The van der Waals surface area contributed by atoms with Gasteiger partial charge in [-0.2, -0.15) is 0 Å². The number of rotatable bonds is 0. The largest absolute Gasteiger partial charge is 0.264 e. The highest BCUT2D eigenvalue weighted by Gasteiger charge is 2.03. The minimum Gasteiger partial charge on any atom is -0.264 e. The first-order valence-corrected chi connectivity index (χ1v) is 5.25.